The van der Waals surface area contributed by atoms with E-state index in [0.29, 0.717) is 5.03 Å². The number of hydrogen-bond donors (Lipinski definition) is 2. The van der Waals surface area contributed by atoms with Gasteiger partial charge in [0.2, 0.25) is 5.91 Å². The van der Waals surface area contributed by atoms with Gasteiger partial charge in [0.1, 0.15) is 5.03 Å². The van der Waals surface area contributed by atoms with Crippen LogP contribution in [0.2, 0.25) is 0 Å². The molecule has 0 saturated heterocycles. The second-order valence-electron chi connectivity index (χ2n) is 5.20. The minimum atomic E-state index is 0.0297. The third-order valence-electron chi connectivity index (χ3n) is 3.84. The Labute approximate surface area is 128 Å². The fraction of sp³-hybridized carbons (Fsp3) is 0.250. The van der Waals surface area contributed by atoms with E-state index in [9.17, 15) is 4.79 Å². The molecule has 1 aromatic carbocycles. The molecule has 5 heteroatoms. The first-order valence-electron chi connectivity index (χ1n) is 6.96. The van der Waals surface area contributed by atoms with Crippen LogP contribution in [0.25, 0.3) is 0 Å². The smallest absolute Gasteiger partial charge is 0.227 e. The van der Waals surface area contributed by atoms with Crippen LogP contribution >= 0.6 is 11.9 Å². The van der Waals surface area contributed by atoms with E-state index in [-0.39, 0.29) is 11.8 Å². The number of carbonyl (C=O) groups is 1. The van der Waals surface area contributed by atoms with Crippen LogP contribution in [0.4, 0.5) is 5.69 Å². The van der Waals surface area contributed by atoms with Gasteiger partial charge in [-0.1, -0.05) is 24.3 Å². The van der Waals surface area contributed by atoms with Crippen molar-refractivity contribution in [3.8, 4) is 0 Å². The summed E-state index contributed by atoms with van der Waals surface area (Å²) in [5.74, 6) is 0.103. The molecule has 2 aromatic rings. The third-order valence-corrected chi connectivity index (χ3v) is 4.31. The maximum Gasteiger partial charge on any atom is 0.227 e. The number of nitrogens with zero attached hydrogens (tertiary/aromatic N) is 1. The zero-order chi connectivity index (χ0) is 14.7. The summed E-state index contributed by atoms with van der Waals surface area (Å²) >= 11 is 1.07. The van der Waals surface area contributed by atoms with Gasteiger partial charge in [-0.05, 0) is 54.5 Å². The molecule has 0 saturated carbocycles. The summed E-state index contributed by atoms with van der Waals surface area (Å²) in [6.45, 7) is 0. The Morgan fingerprint density at radius 1 is 1.29 bits per heavy atom. The fourth-order valence-electron chi connectivity index (χ4n) is 2.72. The molecular weight excluding hydrogens is 282 g/mol. The molecule has 0 fully saturated rings. The van der Waals surface area contributed by atoms with Crippen LogP contribution in [-0.4, -0.2) is 10.9 Å². The highest BCUT2D eigenvalue weighted by Crippen LogP contribution is 2.26. The number of carbonyl (C=O) groups excluding carboxylic acids is 1. The second-order valence-corrected chi connectivity index (χ2v) is 5.85. The molecule has 21 heavy (non-hydrogen) atoms. The van der Waals surface area contributed by atoms with E-state index < -0.39 is 0 Å². The first kappa shape index (κ1) is 14.1. The number of anilines is 1. The Morgan fingerprint density at radius 3 is 2.90 bits per heavy atom. The average molecular weight is 299 g/mol. The molecule has 3 rings (SSSR count). The average Bonchev–Trinajstić information content (AvgIpc) is 2.54. The predicted octanol–water partition coefficient (Wildman–Crippen LogP) is 2.79. The Bertz CT molecular complexity index is 659. The highest BCUT2D eigenvalue weighted by Gasteiger charge is 2.24. The minimum absolute atomic E-state index is 0.0297. The van der Waals surface area contributed by atoms with Crippen molar-refractivity contribution in [2.75, 3.05) is 5.32 Å². The van der Waals surface area contributed by atoms with Crippen molar-refractivity contribution >= 4 is 23.5 Å². The number of amides is 1. The number of nitrogens with one attached hydrogen (secondary N) is 1. The van der Waals surface area contributed by atoms with Crippen LogP contribution in [-0.2, 0) is 17.6 Å². The van der Waals surface area contributed by atoms with E-state index in [0.717, 1.165) is 36.9 Å². The van der Waals surface area contributed by atoms with Gasteiger partial charge in [0.15, 0.2) is 0 Å². The number of pyridine rings is 1. The summed E-state index contributed by atoms with van der Waals surface area (Å²) in [4.78, 5) is 16.5. The molecule has 1 aliphatic carbocycles. The lowest BCUT2D eigenvalue weighted by Crippen LogP contribution is -2.28. The van der Waals surface area contributed by atoms with Crippen LogP contribution in [0.15, 0.2) is 47.6 Å². The fourth-order valence-corrected chi connectivity index (χ4v) is 3.03. The largest absolute Gasteiger partial charge is 0.326 e. The molecule has 108 valence electrons. The Hall–Kier alpha value is -1.85. The molecule has 4 nitrogen and oxygen atoms in total. The van der Waals surface area contributed by atoms with E-state index in [1.165, 1.54) is 11.1 Å². The van der Waals surface area contributed by atoms with Crippen LogP contribution < -0.4 is 10.5 Å². The summed E-state index contributed by atoms with van der Waals surface area (Å²) in [5.41, 5.74) is 3.41. The molecule has 0 spiro atoms. The molecule has 1 amide bonds. The summed E-state index contributed by atoms with van der Waals surface area (Å²) in [6, 6.07) is 11.9. The van der Waals surface area contributed by atoms with Crippen LogP contribution in [0.1, 0.15) is 17.5 Å². The quantitative estimate of drug-likeness (QED) is 0.855. The SMILES string of the molecule is NSc1cc(NC(=O)C2CCc3ccccc3C2)ccn1. The molecule has 1 aromatic heterocycles. The van der Waals surface area contributed by atoms with Gasteiger partial charge < -0.3 is 5.32 Å². The highest BCUT2D eigenvalue weighted by atomic mass is 32.2. The van der Waals surface area contributed by atoms with Gasteiger partial charge in [0.25, 0.3) is 0 Å². The Balaban J connectivity index is 1.69. The van der Waals surface area contributed by atoms with Crippen molar-refractivity contribution < 1.29 is 4.79 Å². The van der Waals surface area contributed by atoms with Gasteiger partial charge in [0.05, 0.1) is 0 Å². The molecular formula is C16H17N3OS. The van der Waals surface area contributed by atoms with E-state index in [1.807, 2.05) is 6.07 Å². The number of rotatable bonds is 3. The Kier molecular flexibility index (Phi) is 4.22. The zero-order valence-electron chi connectivity index (χ0n) is 11.6. The first-order valence-corrected chi connectivity index (χ1v) is 7.84. The Morgan fingerprint density at radius 2 is 2.10 bits per heavy atom. The predicted molar refractivity (Wildman–Crippen MR) is 84.9 cm³/mol. The van der Waals surface area contributed by atoms with E-state index in [4.69, 9.17) is 5.14 Å². The molecule has 1 aliphatic rings. The molecule has 0 aliphatic heterocycles. The second kappa shape index (κ2) is 6.28. The number of nitrogens with two attached hydrogens (primary N) is 1. The van der Waals surface area contributed by atoms with Crippen molar-refractivity contribution in [1.82, 2.24) is 4.98 Å². The first-order chi connectivity index (χ1) is 10.3. The van der Waals surface area contributed by atoms with Gasteiger partial charge in [0, 0.05) is 17.8 Å². The maximum absolute atomic E-state index is 12.4. The molecule has 3 N–H and O–H groups in total. The van der Waals surface area contributed by atoms with Gasteiger partial charge in [-0.25, -0.2) is 4.98 Å². The lowest BCUT2D eigenvalue weighted by Gasteiger charge is -2.23. The number of fused-ring (bicyclic) bond motifs is 1. The van der Waals surface area contributed by atoms with Crippen molar-refractivity contribution in [2.24, 2.45) is 11.1 Å². The van der Waals surface area contributed by atoms with Crippen LogP contribution in [0, 0.1) is 5.92 Å². The minimum Gasteiger partial charge on any atom is -0.326 e. The van der Waals surface area contributed by atoms with E-state index in [1.54, 1.807) is 18.3 Å². The standard InChI is InChI=1S/C16H17N3OS/c17-21-15-10-14(7-8-18-15)19-16(20)13-6-5-11-3-1-2-4-12(11)9-13/h1-4,7-8,10,13H,5-6,9,17H2,(H,18,19,20). The monoisotopic (exact) mass is 299 g/mol. The van der Waals surface area contributed by atoms with Gasteiger partial charge in [-0.3, -0.25) is 9.93 Å². The lowest BCUT2D eigenvalue weighted by molar-refractivity contribution is -0.120. The maximum atomic E-state index is 12.4. The van der Waals surface area contributed by atoms with Crippen molar-refractivity contribution in [2.45, 2.75) is 24.3 Å². The van der Waals surface area contributed by atoms with Crippen LogP contribution in [0.3, 0.4) is 0 Å². The topological polar surface area (TPSA) is 68.0 Å². The summed E-state index contributed by atoms with van der Waals surface area (Å²) in [6.07, 6.45) is 4.33. The molecule has 1 atom stereocenters. The summed E-state index contributed by atoms with van der Waals surface area (Å²) < 4.78 is 0. The highest BCUT2D eigenvalue weighted by molar-refractivity contribution is 7.97. The van der Waals surface area contributed by atoms with Crippen LogP contribution in [0.5, 0.6) is 0 Å². The number of benzene rings is 1. The van der Waals surface area contributed by atoms with Crippen molar-refractivity contribution in [3.63, 3.8) is 0 Å². The zero-order valence-corrected chi connectivity index (χ0v) is 12.4. The van der Waals surface area contributed by atoms with E-state index >= 15 is 0 Å². The molecule has 1 heterocycles. The normalized spacial score (nSPS) is 17.1. The summed E-state index contributed by atoms with van der Waals surface area (Å²) in [5, 5.41) is 9.15. The number of aromatic nitrogens is 1. The van der Waals surface area contributed by atoms with Gasteiger partial charge in [-0.2, -0.15) is 0 Å². The number of hydrogen-bond acceptors (Lipinski definition) is 4. The lowest BCUT2D eigenvalue weighted by atomic mass is 9.83. The van der Waals surface area contributed by atoms with Gasteiger partial charge in [-0.15, -0.1) is 0 Å². The third kappa shape index (κ3) is 3.25. The van der Waals surface area contributed by atoms with E-state index in [2.05, 4.69) is 28.5 Å². The number of aryl methyl sites for hydroxylation is 1. The molecule has 1 unspecified atom stereocenters. The summed E-state index contributed by atoms with van der Waals surface area (Å²) in [7, 11) is 0. The molecule has 0 bridgehead atoms. The van der Waals surface area contributed by atoms with Gasteiger partial charge >= 0.3 is 0 Å². The molecule has 0 radical (unpaired) electrons. The van der Waals surface area contributed by atoms with Crippen molar-refractivity contribution in [3.05, 3.63) is 53.7 Å². The van der Waals surface area contributed by atoms with Crippen molar-refractivity contribution in [1.29, 1.82) is 0 Å².